The van der Waals surface area contributed by atoms with E-state index in [0.29, 0.717) is 11.7 Å². The van der Waals surface area contributed by atoms with Crippen LogP contribution in [0.3, 0.4) is 0 Å². The quantitative estimate of drug-likeness (QED) is 0.404. The van der Waals surface area contributed by atoms with Crippen LogP contribution >= 0.6 is 11.8 Å². The van der Waals surface area contributed by atoms with E-state index in [2.05, 4.69) is 31.8 Å². The Balaban J connectivity index is 1.55. The van der Waals surface area contributed by atoms with Crippen molar-refractivity contribution in [3.8, 4) is 28.5 Å². The van der Waals surface area contributed by atoms with Gasteiger partial charge in [0.1, 0.15) is 5.75 Å². The van der Waals surface area contributed by atoms with Crippen molar-refractivity contribution in [1.29, 1.82) is 0 Å². The molecule has 0 saturated carbocycles. The fourth-order valence-corrected chi connectivity index (χ4v) is 3.87. The van der Waals surface area contributed by atoms with E-state index >= 15 is 0 Å². The number of rotatable bonds is 7. The molecule has 0 aliphatic rings. The van der Waals surface area contributed by atoms with Gasteiger partial charge in [-0.2, -0.15) is 4.98 Å². The lowest BCUT2D eigenvalue weighted by atomic mass is 10.2. The molecule has 0 aliphatic heterocycles. The fraction of sp³-hybridized carbons (Fsp3) is 0.238. The molecule has 0 aliphatic carbocycles. The molecule has 0 amide bonds. The Bertz CT molecular complexity index is 1080. The van der Waals surface area contributed by atoms with Gasteiger partial charge in [0.15, 0.2) is 11.0 Å². The first kappa shape index (κ1) is 19.2. The minimum atomic E-state index is -0.0572. The lowest BCUT2D eigenvalue weighted by Crippen LogP contribution is -2.01. The summed E-state index contributed by atoms with van der Waals surface area (Å²) in [7, 11) is 1.65. The summed E-state index contributed by atoms with van der Waals surface area (Å²) in [6.45, 7) is 4.85. The third-order valence-electron chi connectivity index (χ3n) is 4.48. The lowest BCUT2D eigenvalue weighted by Gasteiger charge is -2.09. The van der Waals surface area contributed by atoms with Gasteiger partial charge in [-0.3, -0.25) is 0 Å². The summed E-state index contributed by atoms with van der Waals surface area (Å²) in [4.78, 5) is 4.55. The lowest BCUT2D eigenvalue weighted by molar-refractivity contribution is 0.380. The summed E-state index contributed by atoms with van der Waals surface area (Å²) >= 11 is 1.55. The van der Waals surface area contributed by atoms with Crippen LogP contribution in [0.4, 0.5) is 0 Å². The standard InChI is InChI=1S/C21H21N5O2S/c1-4-26-19(16-10-12-17(27-3)13-11-16)23-24-21(26)29-14(2)20-22-18(25-28-20)15-8-6-5-7-9-15/h5-14H,4H2,1-3H3. The Morgan fingerprint density at radius 2 is 1.79 bits per heavy atom. The number of thioether (sulfide) groups is 1. The number of hydrogen-bond donors (Lipinski definition) is 0. The van der Waals surface area contributed by atoms with Crippen molar-refractivity contribution in [3.05, 3.63) is 60.5 Å². The van der Waals surface area contributed by atoms with Gasteiger partial charge < -0.3 is 13.8 Å². The molecule has 4 aromatic rings. The number of hydrogen-bond acceptors (Lipinski definition) is 7. The van der Waals surface area contributed by atoms with Gasteiger partial charge >= 0.3 is 0 Å². The second-order valence-electron chi connectivity index (χ2n) is 6.36. The van der Waals surface area contributed by atoms with Gasteiger partial charge in [0.25, 0.3) is 0 Å². The smallest absolute Gasteiger partial charge is 0.240 e. The average molecular weight is 407 g/mol. The highest BCUT2D eigenvalue weighted by atomic mass is 32.2. The summed E-state index contributed by atoms with van der Waals surface area (Å²) in [5.74, 6) is 2.78. The van der Waals surface area contributed by atoms with Crippen molar-refractivity contribution in [2.75, 3.05) is 7.11 Å². The molecule has 0 N–H and O–H groups in total. The van der Waals surface area contributed by atoms with Gasteiger partial charge in [-0.05, 0) is 38.1 Å². The number of nitrogens with zero attached hydrogens (tertiary/aromatic N) is 5. The third kappa shape index (κ3) is 4.02. The van der Waals surface area contributed by atoms with Crippen molar-refractivity contribution in [2.24, 2.45) is 0 Å². The number of aromatic nitrogens is 5. The first-order chi connectivity index (χ1) is 14.2. The van der Waals surface area contributed by atoms with Crippen LogP contribution in [0.25, 0.3) is 22.8 Å². The molecule has 0 radical (unpaired) electrons. The van der Waals surface area contributed by atoms with Crippen LogP contribution in [-0.2, 0) is 6.54 Å². The summed E-state index contributed by atoms with van der Waals surface area (Å²) in [6.07, 6.45) is 0. The van der Waals surface area contributed by atoms with Gasteiger partial charge in [0.05, 0.1) is 12.4 Å². The molecule has 0 spiro atoms. The van der Waals surface area contributed by atoms with Crippen LogP contribution in [0.5, 0.6) is 5.75 Å². The Kier molecular flexibility index (Phi) is 5.62. The highest BCUT2D eigenvalue weighted by Gasteiger charge is 2.21. The highest BCUT2D eigenvalue weighted by Crippen LogP contribution is 2.35. The zero-order valence-electron chi connectivity index (χ0n) is 16.4. The van der Waals surface area contributed by atoms with Crippen molar-refractivity contribution < 1.29 is 9.26 Å². The minimum absolute atomic E-state index is 0.0572. The molecule has 2 aromatic carbocycles. The fourth-order valence-electron chi connectivity index (χ4n) is 2.93. The van der Waals surface area contributed by atoms with E-state index < -0.39 is 0 Å². The second kappa shape index (κ2) is 8.48. The molecule has 0 fully saturated rings. The van der Waals surface area contributed by atoms with Gasteiger partial charge in [-0.15, -0.1) is 10.2 Å². The van der Waals surface area contributed by atoms with Gasteiger partial charge in [-0.25, -0.2) is 0 Å². The molecule has 7 nitrogen and oxygen atoms in total. The maximum Gasteiger partial charge on any atom is 0.240 e. The van der Waals surface area contributed by atoms with E-state index in [0.717, 1.165) is 34.4 Å². The van der Waals surface area contributed by atoms with Crippen molar-refractivity contribution in [1.82, 2.24) is 24.9 Å². The summed E-state index contributed by atoms with van der Waals surface area (Å²) in [5.41, 5.74) is 1.92. The van der Waals surface area contributed by atoms with Gasteiger partial charge in [0, 0.05) is 17.7 Å². The first-order valence-electron chi connectivity index (χ1n) is 9.33. The van der Waals surface area contributed by atoms with Crippen molar-refractivity contribution in [3.63, 3.8) is 0 Å². The molecule has 2 aromatic heterocycles. The van der Waals surface area contributed by atoms with Crippen molar-refractivity contribution >= 4 is 11.8 Å². The van der Waals surface area contributed by atoms with Gasteiger partial charge in [0.2, 0.25) is 11.7 Å². The van der Waals surface area contributed by atoms with Crippen LogP contribution in [0.15, 0.2) is 64.3 Å². The van der Waals surface area contributed by atoms with E-state index in [1.165, 1.54) is 0 Å². The summed E-state index contributed by atoms with van der Waals surface area (Å²) < 4.78 is 12.8. The van der Waals surface area contributed by atoms with Crippen LogP contribution in [0, 0.1) is 0 Å². The molecule has 1 atom stereocenters. The molecule has 148 valence electrons. The molecule has 2 heterocycles. The Morgan fingerprint density at radius 3 is 2.48 bits per heavy atom. The number of methoxy groups -OCH3 is 1. The van der Waals surface area contributed by atoms with Crippen LogP contribution in [0.2, 0.25) is 0 Å². The molecule has 1 unspecified atom stereocenters. The Labute approximate surface area is 173 Å². The monoisotopic (exact) mass is 407 g/mol. The van der Waals surface area contributed by atoms with E-state index in [9.17, 15) is 0 Å². The normalized spacial score (nSPS) is 12.1. The highest BCUT2D eigenvalue weighted by molar-refractivity contribution is 7.99. The van der Waals surface area contributed by atoms with E-state index in [1.54, 1.807) is 18.9 Å². The van der Waals surface area contributed by atoms with Crippen LogP contribution < -0.4 is 4.74 Å². The van der Waals surface area contributed by atoms with E-state index in [4.69, 9.17) is 9.26 Å². The van der Waals surface area contributed by atoms with E-state index in [1.807, 2.05) is 61.5 Å². The average Bonchev–Trinajstić information content (AvgIpc) is 3.42. The van der Waals surface area contributed by atoms with Gasteiger partial charge in [-0.1, -0.05) is 47.3 Å². The Hall–Kier alpha value is -3.13. The van der Waals surface area contributed by atoms with Crippen LogP contribution in [-0.4, -0.2) is 32.0 Å². The summed E-state index contributed by atoms with van der Waals surface area (Å²) in [5, 5.41) is 13.6. The Morgan fingerprint density at radius 1 is 1.03 bits per heavy atom. The second-order valence-corrected chi connectivity index (χ2v) is 7.67. The third-order valence-corrected chi connectivity index (χ3v) is 5.55. The molecular weight excluding hydrogens is 386 g/mol. The topological polar surface area (TPSA) is 78.9 Å². The predicted molar refractivity (Wildman–Crippen MR) is 112 cm³/mol. The zero-order chi connectivity index (χ0) is 20.2. The molecule has 0 bridgehead atoms. The molecule has 4 rings (SSSR count). The maximum atomic E-state index is 5.49. The van der Waals surface area contributed by atoms with Crippen LogP contribution in [0.1, 0.15) is 25.0 Å². The minimum Gasteiger partial charge on any atom is -0.497 e. The largest absolute Gasteiger partial charge is 0.497 e. The first-order valence-corrected chi connectivity index (χ1v) is 10.2. The molecule has 8 heteroatoms. The maximum absolute atomic E-state index is 5.49. The summed E-state index contributed by atoms with van der Waals surface area (Å²) in [6, 6.07) is 17.6. The molecule has 0 saturated heterocycles. The number of benzene rings is 2. The SMILES string of the molecule is CCn1c(SC(C)c2nc(-c3ccccc3)no2)nnc1-c1ccc(OC)cc1. The van der Waals surface area contributed by atoms with Crippen molar-refractivity contribution in [2.45, 2.75) is 30.8 Å². The molecule has 29 heavy (non-hydrogen) atoms. The predicted octanol–water partition coefficient (Wildman–Crippen LogP) is 4.88. The number of ether oxygens (including phenoxy) is 1. The van der Waals surface area contributed by atoms with E-state index in [-0.39, 0.29) is 5.25 Å². The molecular formula is C21H21N5O2S. The zero-order valence-corrected chi connectivity index (χ0v) is 17.3.